The van der Waals surface area contributed by atoms with Crippen molar-refractivity contribution in [2.45, 2.75) is 19.4 Å². The highest BCUT2D eigenvalue weighted by Gasteiger charge is 2.28. The van der Waals surface area contributed by atoms with E-state index in [0.29, 0.717) is 28.4 Å². The molecule has 2 aromatic rings. The zero-order chi connectivity index (χ0) is 23.8. The number of benzene rings is 1. The Morgan fingerprint density at radius 2 is 2.09 bits per heavy atom. The van der Waals surface area contributed by atoms with Gasteiger partial charge in [0.05, 0.1) is 16.8 Å². The van der Waals surface area contributed by atoms with Crippen LogP contribution in [0.2, 0.25) is 0 Å². The van der Waals surface area contributed by atoms with E-state index < -0.39 is 16.5 Å². The predicted molar refractivity (Wildman–Crippen MR) is 135 cm³/mol. The number of anilines is 2. The first-order valence-corrected chi connectivity index (χ1v) is 11.3. The van der Waals surface area contributed by atoms with E-state index in [4.69, 9.17) is 16.2 Å². The maximum atomic E-state index is 12.9. The highest BCUT2D eigenvalue weighted by molar-refractivity contribution is 8.24. The summed E-state index contributed by atoms with van der Waals surface area (Å²) in [7, 11) is -3.39. The third kappa shape index (κ3) is 5.34. The van der Waals surface area contributed by atoms with Crippen LogP contribution in [0.15, 0.2) is 53.3 Å². The molecule has 0 atom stereocenters. The minimum absolute atomic E-state index is 0. The highest BCUT2D eigenvalue weighted by atomic mass is 35.5. The topological polar surface area (TPSA) is 185 Å². The summed E-state index contributed by atoms with van der Waals surface area (Å²) in [6.45, 7) is 3.72. The molecule has 2 aliphatic heterocycles. The number of carbonyl (C=O) groups excluding carboxylic acids is 1. The second-order valence-electron chi connectivity index (χ2n) is 7.96. The van der Waals surface area contributed by atoms with Crippen LogP contribution in [-0.4, -0.2) is 43.9 Å². The molecule has 8 N–H and O–H groups in total. The molecule has 1 amide bonds. The molecule has 0 saturated heterocycles. The molecule has 14 heteroatoms. The summed E-state index contributed by atoms with van der Waals surface area (Å²) in [5.41, 5.74) is 12.2. The molecule has 0 bridgehead atoms. The Bertz CT molecular complexity index is 1200. The molecule has 1 aromatic heterocycles. The van der Waals surface area contributed by atoms with Gasteiger partial charge in [0.25, 0.3) is 5.91 Å². The van der Waals surface area contributed by atoms with E-state index in [1.54, 1.807) is 47.6 Å². The standard InChI is InChI=1S/C20H24N8O4S.ClH/c1-20(2,11-32-14-5-3-4-13-16(14)17(21)27-33(30,31)26-13)25-18(29)12-6-7-23-15(10-12)28-9-8-24-19(28)22;/h3-10,26,30-31H,11,22H2,1-2H3,(H2,21,27)(H,25,29);1H/q+1;. The van der Waals surface area contributed by atoms with E-state index >= 15 is 0 Å². The number of carbonyl (C=O) groups is 1. The second kappa shape index (κ2) is 9.38. The third-order valence-electron chi connectivity index (χ3n) is 4.72. The van der Waals surface area contributed by atoms with Gasteiger partial charge < -0.3 is 15.8 Å². The molecule has 0 spiro atoms. The number of fused-ring (bicyclic) bond motifs is 1. The van der Waals surface area contributed by atoms with Crippen molar-refractivity contribution < 1.29 is 18.6 Å². The molecule has 3 heterocycles. The number of ether oxygens (including phenoxy) is 1. The first-order chi connectivity index (χ1) is 15.5. The molecular weight excluding hydrogens is 484 g/mol. The lowest BCUT2D eigenvalue weighted by Crippen LogP contribution is -2.48. The van der Waals surface area contributed by atoms with Crippen LogP contribution in [-0.2, 0) is 0 Å². The lowest BCUT2D eigenvalue weighted by molar-refractivity contribution is 0.0880. The minimum atomic E-state index is -3.39. The van der Waals surface area contributed by atoms with Gasteiger partial charge in [0, 0.05) is 17.8 Å². The lowest BCUT2D eigenvalue weighted by Gasteiger charge is -2.34. The monoisotopic (exact) mass is 508 g/mol. The smallest absolute Gasteiger partial charge is 0.395 e. The number of nitrogens with zero attached hydrogens (tertiary/aromatic N) is 4. The molecule has 181 valence electrons. The van der Waals surface area contributed by atoms with Crippen molar-refractivity contribution in [3.63, 3.8) is 0 Å². The molecule has 0 saturated carbocycles. The van der Waals surface area contributed by atoms with Gasteiger partial charge in [-0.3, -0.25) is 24.4 Å². The van der Waals surface area contributed by atoms with Crippen molar-refractivity contribution in [1.29, 1.82) is 0 Å². The van der Waals surface area contributed by atoms with Crippen molar-refractivity contribution >= 4 is 52.6 Å². The van der Waals surface area contributed by atoms with E-state index in [2.05, 4.69) is 24.4 Å². The Kier molecular flexibility index (Phi) is 6.93. The van der Waals surface area contributed by atoms with Gasteiger partial charge in [0.1, 0.15) is 24.8 Å². The number of amides is 1. The summed E-state index contributed by atoms with van der Waals surface area (Å²) in [4.78, 5) is 22.6. The van der Waals surface area contributed by atoms with Crippen LogP contribution in [0.4, 0.5) is 11.5 Å². The van der Waals surface area contributed by atoms with Crippen LogP contribution in [0.5, 0.6) is 5.75 Å². The van der Waals surface area contributed by atoms with Crippen LogP contribution in [0, 0.1) is 0 Å². The third-order valence-corrected chi connectivity index (χ3v) is 5.66. The molecule has 0 aliphatic carbocycles. The summed E-state index contributed by atoms with van der Waals surface area (Å²) in [6, 6.07) is 8.21. The van der Waals surface area contributed by atoms with Gasteiger partial charge in [-0.25, -0.2) is 4.98 Å². The van der Waals surface area contributed by atoms with Gasteiger partial charge in [0.15, 0.2) is 11.7 Å². The number of hydrogen-bond donors (Lipinski definition) is 6. The normalized spacial score (nSPS) is 16.9. The van der Waals surface area contributed by atoms with Gasteiger partial charge in [0.2, 0.25) is 0 Å². The fourth-order valence-corrected chi connectivity index (χ4v) is 4.10. The van der Waals surface area contributed by atoms with Gasteiger partial charge in [-0.05, 0) is 43.0 Å². The quantitative estimate of drug-likeness (QED) is 0.338. The van der Waals surface area contributed by atoms with Gasteiger partial charge >= 0.3 is 5.96 Å². The highest BCUT2D eigenvalue weighted by Crippen LogP contribution is 2.46. The van der Waals surface area contributed by atoms with E-state index in [-0.39, 0.29) is 36.7 Å². The molecule has 2 aliphatic rings. The summed E-state index contributed by atoms with van der Waals surface area (Å²) < 4.78 is 31.8. The van der Waals surface area contributed by atoms with E-state index in [0.717, 1.165) is 0 Å². The number of hydrogen-bond acceptors (Lipinski definition) is 11. The van der Waals surface area contributed by atoms with Gasteiger partial charge in [-0.15, -0.1) is 16.8 Å². The van der Waals surface area contributed by atoms with Crippen molar-refractivity contribution in [3.8, 4) is 5.75 Å². The largest absolute Gasteiger partial charge is 0.490 e. The molecule has 34 heavy (non-hydrogen) atoms. The Morgan fingerprint density at radius 3 is 2.79 bits per heavy atom. The average molecular weight is 509 g/mol. The zero-order valence-corrected chi connectivity index (χ0v) is 19.9. The summed E-state index contributed by atoms with van der Waals surface area (Å²) >= 11 is 0. The summed E-state index contributed by atoms with van der Waals surface area (Å²) in [5.74, 6) is 0.747. The summed E-state index contributed by atoms with van der Waals surface area (Å²) in [5, 5.41) is 2.93. The SMILES string of the molecule is CC(C)(COc1cccc2c1C(N)=NS(O)(O)N2)NC(=O)c1ccnc(N2C=C[N+]=C2N)c1.Cl. The maximum absolute atomic E-state index is 12.9. The number of pyridine rings is 1. The van der Waals surface area contributed by atoms with Crippen molar-refractivity contribution in [2.75, 3.05) is 16.2 Å². The molecular formula is C20H25ClN8O4S+. The number of aromatic nitrogens is 1. The Balaban J connectivity index is 0.00000324. The zero-order valence-electron chi connectivity index (χ0n) is 18.3. The van der Waals surface area contributed by atoms with Crippen LogP contribution in [0.25, 0.3) is 0 Å². The molecule has 1 radical (unpaired) electrons. The summed E-state index contributed by atoms with van der Waals surface area (Å²) in [6.07, 6.45) is 4.71. The number of halogens is 1. The van der Waals surface area contributed by atoms with Crippen LogP contribution in [0.1, 0.15) is 29.8 Å². The molecule has 12 nitrogen and oxygen atoms in total. The second-order valence-corrected chi connectivity index (χ2v) is 9.39. The predicted octanol–water partition coefficient (Wildman–Crippen LogP) is 1.74. The van der Waals surface area contributed by atoms with Gasteiger partial charge in [-0.2, -0.15) is 4.90 Å². The molecule has 4 rings (SSSR count). The Morgan fingerprint density at radius 1 is 1.32 bits per heavy atom. The Hall–Kier alpha value is -3.52. The maximum Gasteiger partial charge on any atom is 0.395 e. The molecule has 0 fully saturated rings. The van der Waals surface area contributed by atoms with Crippen LogP contribution in [0.3, 0.4) is 0 Å². The van der Waals surface area contributed by atoms with Crippen LogP contribution >= 0.6 is 23.4 Å². The first-order valence-electron chi connectivity index (χ1n) is 9.80. The average Bonchev–Trinajstić information content (AvgIpc) is 3.17. The van der Waals surface area contributed by atoms with Crippen molar-refractivity contribution in [2.24, 2.45) is 15.9 Å². The number of guanidine groups is 1. The van der Waals surface area contributed by atoms with E-state index in [9.17, 15) is 13.9 Å². The van der Waals surface area contributed by atoms with Crippen LogP contribution < -0.4 is 36.1 Å². The Labute approximate surface area is 203 Å². The number of nitrogens with two attached hydrogens (primary N) is 2. The molecule has 1 aromatic carbocycles. The number of aliphatic imine (C=N–C) groups is 1. The molecule has 0 unspecified atom stereocenters. The fraction of sp³-hybridized carbons (Fsp3) is 0.200. The number of amidine groups is 1. The first kappa shape index (κ1) is 25.1. The van der Waals surface area contributed by atoms with Crippen molar-refractivity contribution in [3.05, 3.63) is 60.1 Å². The number of nitrogens with one attached hydrogen (secondary N) is 2. The van der Waals surface area contributed by atoms with Crippen molar-refractivity contribution in [1.82, 2.24) is 15.3 Å². The van der Waals surface area contributed by atoms with E-state index in [1.165, 1.54) is 6.20 Å². The fourth-order valence-electron chi connectivity index (χ4n) is 3.23. The minimum Gasteiger partial charge on any atom is -0.490 e. The number of rotatable bonds is 6. The van der Waals surface area contributed by atoms with E-state index in [1.807, 2.05) is 13.8 Å². The van der Waals surface area contributed by atoms with Gasteiger partial charge in [-0.1, -0.05) is 11.1 Å². The lowest BCUT2D eigenvalue weighted by atomic mass is 10.1.